The number of carboxylic acid groups (broad SMARTS) is 1. The van der Waals surface area contributed by atoms with Crippen LogP contribution >= 0.6 is 11.6 Å². The number of amides is 1. The monoisotopic (exact) mass is 498 g/mol. The van der Waals surface area contributed by atoms with Crippen molar-refractivity contribution in [1.29, 1.82) is 0 Å². The highest BCUT2D eigenvalue weighted by molar-refractivity contribution is 6.33. The van der Waals surface area contributed by atoms with E-state index in [0.717, 1.165) is 31.2 Å². The molecule has 2 aromatic heterocycles. The lowest BCUT2D eigenvalue weighted by Gasteiger charge is -2.28. The van der Waals surface area contributed by atoms with Gasteiger partial charge in [0.05, 0.1) is 28.4 Å². The van der Waals surface area contributed by atoms with E-state index in [1.165, 1.54) is 0 Å². The number of fused-ring (bicyclic) bond motifs is 1. The Bertz CT molecular complexity index is 1170. The third kappa shape index (κ3) is 6.39. The lowest BCUT2D eigenvalue weighted by atomic mass is 9.93. The van der Waals surface area contributed by atoms with Crippen LogP contribution in [0, 0.1) is 0 Å². The van der Waals surface area contributed by atoms with E-state index < -0.39 is 12.1 Å². The Labute approximate surface area is 197 Å². The van der Waals surface area contributed by atoms with Crippen molar-refractivity contribution in [3.8, 4) is 0 Å². The van der Waals surface area contributed by atoms with Gasteiger partial charge in [-0.05, 0) is 49.2 Å². The summed E-state index contributed by atoms with van der Waals surface area (Å²) in [7, 11) is 0. The standard InChI is InChI=1S/C20H21ClN4O2.C2HF3O2/c21-14-5-1-2-6-15(14)23-20(27)17-11-9-13-10-12-19(24-25(13)17)22-16-7-3-4-8-18(16)26;3-2(4,5)1(6)7/h1-2,5-6,9-12,16,18,26H,3-4,7-8H2,(H,22,24)(H,23,27);(H,6,7)/t16-,18+;/m1./s1. The zero-order valence-electron chi connectivity index (χ0n) is 17.7. The van der Waals surface area contributed by atoms with Crippen molar-refractivity contribution < 1.29 is 33.0 Å². The predicted molar refractivity (Wildman–Crippen MR) is 120 cm³/mol. The van der Waals surface area contributed by atoms with Gasteiger partial charge in [-0.25, -0.2) is 9.31 Å². The van der Waals surface area contributed by atoms with Gasteiger partial charge in [-0.3, -0.25) is 4.79 Å². The summed E-state index contributed by atoms with van der Waals surface area (Å²) in [5, 5.41) is 28.4. The van der Waals surface area contributed by atoms with Crippen molar-refractivity contribution in [2.75, 3.05) is 10.6 Å². The third-order valence-electron chi connectivity index (χ3n) is 5.16. The summed E-state index contributed by atoms with van der Waals surface area (Å²) in [6.45, 7) is 0. The Balaban J connectivity index is 0.000000406. The fourth-order valence-electron chi connectivity index (χ4n) is 3.46. The smallest absolute Gasteiger partial charge is 0.475 e. The molecule has 2 heterocycles. The summed E-state index contributed by atoms with van der Waals surface area (Å²) < 4.78 is 33.3. The number of aliphatic carboxylic acids is 1. The molecule has 8 nitrogen and oxygen atoms in total. The lowest BCUT2D eigenvalue weighted by molar-refractivity contribution is -0.192. The normalized spacial score (nSPS) is 18.0. The number of aliphatic hydroxyl groups is 1. The number of benzene rings is 1. The molecule has 1 fully saturated rings. The van der Waals surface area contributed by atoms with Gasteiger partial charge in [0.2, 0.25) is 0 Å². The Kier molecular flexibility index (Phi) is 8.00. The molecule has 34 heavy (non-hydrogen) atoms. The first-order valence-corrected chi connectivity index (χ1v) is 10.7. The molecule has 182 valence electrons. The van der Waals surface area contributed by atoms with E-state index in [1.54, 1.807) is 22.7 Å². The number of nitrogens with one attached hydrogen (secondary N) is 2. The van der Waals surface area contributed by atoms with Crippen molar-refractivity contribution in [3.63, 3.8) is 0 Å². The van der Waals surface area contributed by atoms with Gasteiger partial charge in [0.25, 0.3) is 5.91 Å². The molecule has 0 saturated heterocycles. The van der Waals surface area contributed by atoms with Gasteiger partial charge < -0.3 is 20.8 Å². The van der Waals surface area contributed by atoms with Crippen LogP contribution in [0.5, 0.6) is 0 Å². The van der Waals surface area contributed by atoms with Crippen molar-refractivity contribution in [2.45, 2.75) is 44.0 Å². The number of carboxylic acids is 1. The average Bonchev–Trinajstić information content (AvgIpc) is 3.20. The molecule has 1 amide bonds. The third-order valence-corrected chi connectivity index (χ3v) is 5.49. The van der Waals surface area contributed by atoms with Crippen LogP contribution in [0.2, 0.25) is 5.02 Å². The number of carbonyl (C=O) groups is 2. The fourth-order valence-corrected chi connectivity index (χ4v) is 3.64. The Morgan fingerprint density at radius 1 is 1.06 bits per heavy atom. The van der Waals surface area contributed by atoms with Gasteiger partial charge in [-0.2, -0.15) is 13.2 Å². The zero-order valence-corrected chi connectivity index (χ0v) is 18.5. The SMILES string of the molecule is O=C(Nc1ccccc1Cl)c1ccc2ccc(N[C@@H]3CCCC[C@@H]3O)nn12.O=C(O)C(F)(F)F. The maximum atomic E-state index is 12.7. The van der Waals surface area contributed by atoms with Crippen molar-refractivity contribution >= 4 is 40.5 Å². The predicted octanol–water partition coefficient (Wildman–Crippen LogP) is 4.59. The highest BCUT2D eigenvalue weighted by Gasteiger charge is 2.38. The second kappa shape index (κ2) is 10.7. The Morgan fingerprint density at radius 3 is 2.35 bits per heavy atom. The molecule has 0 aliphatic heterocycles. The van der Waals surface area contributed by atoms with Crippen LogP contribution in [0.25, 0.3) is 5.52 Å². The van der Waals surface area contributed by atoms with Crippen molar-refractivity contribution in [3.05, 3.63) is 59.2 Å². The van der Waals surface area contributed by atoms with Gasteiger partial charge in [-0.1, -0.05) is 36.6 Å². The van der Waals surface area contributed by atoms with Crippen LogP contribution in [0.4, 0.5) is 24.7 Å². The van der Waals surface area contributed by atoms with E-state index in [9.17, 15) is 23.1 Å². The van der Waals surface area contributed by atoms with Crippen LogP contribution in [0.15, 0.2) is 48.5 Å². The van der Waals surface area contributed by atoms with E-state index in [4.69, 9.17) is 21.5 Å². The summed E-state index contributed by atoms with van der Waals surface area (Å²) in [4.78, 5) is 21.6. The molecule has 4 N–H and O–H groups in total. The highest BCUT2D eigenvalue weighted by Crippen LogP contribution is 2.23. The van der Waals surface area contributed by atoms with Gasteiger partial charge in [0.15, 0.2) is 0 Å². The minimum absolute atomic E-state index is 0.0142. The molecule has 3 aromatic rings. The zero-order chi connectivity index (χ0) is 24.9. The molecule has 1 saturated carbocycles. The molecule has 0 unspecified atom stereocenters. The number of hydrogen-bond donors (Lipinski definition) is 4. The van der Waals surface area contributed by atoms with Crippen LogP contribution in [0.1, 0.15) is 36.2 Å². The Hall–Kier alpha value is -3.31. The van der Waals surface area contributed by atoms with Crippen LogP contribution in [-0.4, -0.2) is 50.0 Å². The van der Waals surface area contributed by atoms with E-state index >= 15 is 0 Å². The second-order valence-corrected chi connectivity index (χ2v) is 8.02. The molecule has 1 aromatic carbocycles. The first-order valence-electron chi connectivity index (χ1n) is 10.4. The molecular formula is C22H22ClF3N4O4. The van der Waals surface area contributed by atoms with Gasteiger partial charge in [-0.15, -0.1) is 5.10 Å². The highest BCUT2D eigenvalue weighted by atomic mass is 35.5. The first kappa shape index (κ1) is 25.3. The number of para-hydroxylation sites is 1. The van der Waals surface area contributed by atoms with Crippen molar-refractivity contribution in [1.82, 2.24) is 9.61 Å². The average molecular weight is 499 g/mol. The molecular weight excluding hydrogens is 477 g/mol. The first-order chi connectivity index (χ1) is 16.1. The number of nitrogens with zero attached hydrogens (tertiary/aromatic N) is 2. The molecule has 0 spiro atoms. The number of anilines is 2. The summed E-state index contributed by atoms with van der Waals surface area (Å²) in [5.74, 6) is -2.41. The van der Waals surface area contributed by atoms with Crippen LogP contribution in [0.3, 0.4) is 0 Å². The number of aliphatic hydroxyl groups excluding tert-OH is 1. The van der Waals surface area contributed by atoms with Crippen LogP contribution in [-0.2, 0) is 4.79 Å². The number of carbonyl (C=O) groups excluding carboxylic acids is 1. The molecule has 2 atom stereocenters. The minimum atomic E-state index is -5.08. The van der Waals surface area contributed by atoms with E-state index in [2.05, 4.69) is 15.7 Å². The van der Waals surface area contributed by atoms with Gasteiger partial charge in [0, 0.05) is 0 Å². The van der Waals surface area contributed by atoms with Gasteiger partial charge in [0.1, 0.15) is 11.5 Å². The number of rotatable bonds is 4. The molecule has 4 rings (SSSR count). The summed E-state index contributed by atoms with van der Waals surface area (Å²) >= 11 is 6.12. The number of halogens is 4. The van der Waals surface area contributed by atoms with E-state index in [1.807, 2.05) is 30.3 Å². The van der Waals surface area contributed by atoms with Gasteiger partial charge >= 0.3 is 12.1 Å². The molecule has 0 radical (unpaired) electrons. The summed E-state index contributed by atoms with van der Waals surface area (Å²) in [6, 6.07) is 14.4. The molecule has 12 heteroatoms. The summed E-state index contributed by atoms with van der Waals surface area (Å²) in [6.07, 6.45) is -1.60. The number of aromatic nitrogens is 2. The topological polar surface area (TPSA) is 116 Å². The number of alkyl halides is 3. The molecule has 0 bridgehead atoms. The maximum absolute atomic E-state index is 12.7. The Morgan fingerprint density at radius 2 is 1.71 bits per heavy atom. The minimum Gasteiger partial charge on any atom is -0.475 e. The largest absolute Gasteiger partial charge is 0.490 e. The quantitative estimate of drug-likeness (QED) is 0.418. The maximum Gasteiger partial charge on any atom is 0.490 e. The second-order valence-electron chi connectivity index (χ2n) is 7.61. The van der Waals surface area contributed by atoms with Crippen LogP contribution < -0.4 is 10.6 Å². The van der Waals surface area contributed by atoms with E-state index in [-0.39, 0.29) is 18.1 Å². The summed E-state index contributed by atoms with van der Waals surface area (Å²) in [5.41, 5.74) is 1.78. The fraction of sp³-hybridized carbons (Fsp3) is 0.318. The molecule has 1 aliphatic rings. The van der Waals surface area contributed by atoms with Crippen molar-refractivity contribution in [2.24, 2.45) is 0 Å². The molecule has 1 aliphatic carbocycles. The lowest BCUT2D eigenvalue weighted by Crippen LogP contribution is -2.36. The number of hydrogen-bond acceptors (Lipinski definition) is 5. The van der Waals surface area contributed by atoms with E-state index in [0.29, 0.717) is 22.2 Å².